The molecule has 1 N–H and O–H groups in total. The molecular weight excluding hydrogens is 330 g/mol. The first-order chi connectivity index (χ1) is 12.6. The fourth-order valence-corrected chi connectivity index (χ4v) is 3.97. The number of likely N-dealkylation sites (tertiary alicyclic amines) is 1. The molecule has 2 aliphatic heterocycles. The second-order valence-electron chi connectivity index (χ2n) is 7.23. The minimum atomic E-state index is -0.440. The summed E-state index contributed by atoms with van der Waals surface area (Å²) in [6, 6.07) is 3.49. The molecule has 0 saturated carbocycles. The van der Waals surface area contributed by atoms with Crippen molar-refractivity contribution in [3.8, 4) is 0 Å². The smallest absolute Gasteiger partial charge is 0.273 e. The maximum absolute atomic E-state index is 13.4. The van der Waals surface area contributed by atoms with Crippen LogP contribution >= 0.6 is 0 Å². The highest BCUT2D eigenvalue weighted by atomic mass is 16.2. The first-order valence-corrected chi connectivity index (χ1v) is 9.32. The lowest BCUT2D eigenvalue weighted by Crippen LogP contribution is -2.60. The van der Waals surface area contributed by atoms with Gasteiger partial charge < -0.3 is 15.1 Å². The van der Waals surface area contributed by atoms with Crippen molar-refractivity contribution < 1.29 is 9.59 Å². The van der Waals surface area contributed by atoms with Gasteiger partial charge in [-0.3, -0.25) is 14.0 Å². The van der Waals surface area contributed by atoms with Gasteiger partial charge in [0.2, 0.25) is 5.91 Å². The summed E-state index contributed by atoms with van der Waals surface area (Å²) >= 11 is 0. The Labute approximate surface area is 153 Å². The number of piperazine rings is 1. The molecule has 2 amide bonds. The summed E-state index contributed by atoms with van der Waals surface area (Å²) in [4.78, 5) is 34.5. The van der Waals surface area contributed by atoms with Crippen LogP contribution in [0.15, 0.2) is 18.3 Å². The lowest BCUT2D eigenvalue weighted by Gasteiger charge is -2.37. The molecule has 4 heterocycles. The topological polar surface area (TPSA) is 70.0 Å². The van der Waals surface area contributed by atoms with Crippen LogP contribution in [0, 0.1) is 13.8 Å². The van der Waals surface area contributed by atoms with Crippen LogP contribution in [-0.2, 0) is 4.79 Å². The van der Waals surface area contributed by atoms with Gasteiger partial charge >= 0.3 is 0 Å². The van der Waals surface area contributed by atoms with Gasteiger partial charge in [-0.05, 0) is 44.4 Å². The molecule has 7 heteroatoms. The van der Waals surface area contributed by atoms with Crippen molar-refractivity contribution in [1.29, 1.82) is 0 Å². The standard InChI is InChI=1S/C19H25N5O2/c1-13-5-9-24-16(11-13)21-14(2)17(24)19(26)23-10-6-20-12-15(23)18(25)22-7-3-4-8-22/h5,9,11,15,20H,3-4,6-8,10,12H2,1-2H3. The molecule has 138 valence electrons. The van der Waals surface area contributed by atoms with E-state index in [0.717, 1.165) is 37.1 Å². The Hall–Kier alpha value is -2.41. The maximum Gasteiger partial charge on any atom is 0.273 e. The zero-order chi connectivity index (χ0) is 18.3. The molecule has 1 atom stereocenters. The zero-order valence-electron chi connectivity index (χ0n) is 15.4. The van der Waals surface area contributed by atoms with Gasteiger partial charge in [0.25, 0.3) is 5.91 Å². The molecule has 4 rings (SSSR count). The van der Waals surface area contributed by atoms with Crippen LogP contribution in [-0.4, -0.2) is 69.8 Å². The van der Waals surface area contributed by atoms with Crippen molar-refractivity contribution in [2.24, 2.45) is 0 Å². The van der Waals surface area contributed by atoms with Gasteiger partial charge in [-0.2, -0.15) is 0 Å². The lowest BCUT2D eigenvalue weighted by atomic mass is 10.1. The van der Waals surface area contributed by atoms with E-state index in [-0.39, 0.29) is 11.8 Å². The van der Waals surface area contributed by atoms with Crippen molar-refractivity contribution in [2.75, 3.05) is 32.7 Å². The Morgan fingerprint density at radius 2 is 1.96 bits per heavy atom. The molecule has 0 bridgehead atoms. The van der Waals surface area contributed by atoms with Crippen LogP contribution in [0.5, 0.6) is 0 Å². The van der Waals surface area contributed by atoms with Crippen molar-refractivity contribution in [1.82, 2.24) is 24.5 Å². The molecular formula is C19H25N5O2. The normalized spacial score (nSPS) is 20.8. The maximum atomic E-state index is 13.4. The summed E-state index contributed by atoms with van der Waals surface area (Å²) in [5.74, 6) is -0.0525. The van der Waals surface area contributed by atoms with Gasteiger partial charge in [-0.1, -0.05) is 0 Å². The van der Waals surface area contributed by atoms with Crippen molar-refractivity contribution in [2.45, 2.75) is 32.7 Å². The van der Waals surface area contributed by atoms with E-state index in [9.17, 15) is 9.59 Å². The molecule has 2 saturated heterocycles. The number of carbonyl (C=O) groups excluding carboxylic acids is 2. The number of imidazole rings is 1. The SMILES string of the molecule is Cc1ccn2c(C(=O)N3CCNCC3C(=O)N3CCCC3)c(C)nc2c1. The molecule has 0 aromatic carbocycles. The number of nitrogens with zero attached hydrogens (tertiary/aromatic N) is 4. The van der Waals surface area contributed by atoms with Crippen molar-refractivity contribution >= 4 is 17.5 Å². The average molecular weight is 355 g/mol. The highest BCUT2D eigenvalue weighted by molar-refractivity contribution is 5.98. The van der Waals surface area contributed by atoms with Crippen LogP contribution in [0.1, 0.15) is 34.6 Å². The Kier molecular flexibility index (Phi) is 4.40. The highest BCUT2D eigenvalue weighted by Crippen LogP contribution is 2.20. The molecule has 0 aliphatic carbocycles. The largest absolute Gasteiger partial charge is 0.341 e. The minimum absolute atomic E-state index is 0.0605. The highest BCUT2D eigenvalue weighted by Gasteiger charge is 2.37. The summed E-state index contributed by atoms with van der Waals surface area (Å²) in [5.41, 5.74) is 3.13. The van der Waals surface area contributed by atoms with E-state index >= 15 is 0 Å². The molecule has 2 aromatic heterocycles. The first-order valence-electron chi connectivity index (χ1n) is 9.32. The summed E-state index contributed by atoms with van der Waals surface area (Å²) in [6.45, 7) is 7.19. The summed E-state index contributed by atoms with van der Waals surface area (Å²) in [6.07, 6.45) is 3.98. The number of hydrogen-bond donors (Lipinski definition) is 1. The number of pyridine rings is 1. The third-order valence-electron chi connectivity index (χ3n) is 5.37. The zero-order valence-corrected chi connectivity index (χ0v) is 15.4. The lowest BCUT2D eigenvalue weighted by molar-refractivity contribution is -0.135. The van der Waals surface area contributed by atoms with E-state index in [0.29, 0.717) is 31.0 Å². The average Bonchev–Trinajstić information content (AvgIpc) is 3.27. The molecule has 0 radical (unpaired) electrons. The Bertz CT molecular complexity index is 853. The Morgan fingerprint density at radius 1 is 1.19 bits per heavy atom. The van der Waals surface area contributed by atoms with Gasteiger partial charge in [-0.25, -0.2) is 4.98 Å². The third-order valence-corrected chi connectivity index (χ3v) is 5.37. The predicted molar refractivity (Wildman–Crippen MR) is 98.2 cm³/mol. The van der Waals surface area contributed by atoms with Crippen LogP contribution in [0.2, 0.25) is 0 Å². The van der Waals surface area contributed by atoms with Gasteiger partial charge in [-0.15, -0.1) is 0 Å². The fraction of sp³-hybridized carbons (Fsp3) is 0.526. The molecule has 2 aliphatic rings. The van der Waals surface area contributed by atoms with Gasteiger partial charge in [0.15, 0.2) is 0 Å². The van der Waals surface area contributed by atoms with Gasteiger partial charge in [0.05, 0.1) is 5.69 Å². The molecule has 1 unspecified atom stereocenters. The van der Waals surface area contributed by atoms with E-state index in [1.807, 2.05) is 41.5 Å². The van der Waals surface area contributed by atoms with Gasteiger partial charge in [0.1, 0.15) is 17.4 Å². The van der Waals surface area contributed by atoms with Crippen molar-refractivity contribution in [3.63, 3.8) is 0 Å². The number of carbonyl (C=O) groups is 2. The van der Waals surface area contributed by atoms with Crippen LogP contribution in [0.4, 0.5) is 0 Å². The Balaban J connectivity index is 1.67. The quantitative estimate of drug-likeness (QED) is 0.872. The molecule has 7 nitrogen and oxygen atoms in total. The van der Waals surface area contributed by atoms with E-state index in [1.54, 1.807) is 4.90 Å². The van der Waals surface area contributed by atoms with E-state index in [4.69, 9.17) is 0 Å². The fourth-order valence-electron chi connectivity index (χ4n) is 3.97. The van der Waals surface area contributed by atoms with Crippen molar-refractivity contribution in [3.05, 3.63) is 35.3 Å². The van der Waals surface area contributed by atoms with E-state index < -0.39 is 6.04 Å². The van der Waals surface area contributed by atoms with E-state index in [2.05, 4.69) is 10.3 Å². The van der Waals surface area contributed by atoms with Crippen LogP contribution < -0.4 is 5.32 Å². The number of fused-ring (bicyclic) bond motifs is 1. The Morgan fingerprint density at radius 3 is 2.73 bits per heavy atom. The number of rotatable bonds is 2. The molecule has 26 heavy (non-hydrogen) atoms. The second-order valence-corrected chi connectivity index (χ2v) is 7.23. The number of hydrogen-bond acceptors (Lipinski definition) is 4. The summed E-state index contributed by atoms with van der Waals surface area (Å²) in [5, 5.41) is 3.26. The molecule has 0 spiro atoms. The number of aryl methyl sites for hydroxylation is 2. The molecule has 2 fully saturated rings. The van der Waals surface area contributed by atoms with Crippen LogP contribution in [0.3, 0.4) is 0 Å². The van der Waals surface area contributed by atoms with Crippen LogP contribution in [0.25, 0.3) is 5.65 Å². The van der Waals surface area contributed by atoms with E-state index in [1.165, 1.54) is 0 Å². The minimum Gasteiger partial charge on any atom is -0.341 e. The molecule has 2 aromatic rings. The second kappa shape index (κ2) is 6.72. The first kappa shape index (κ1) is 17.0. The predicted octanol–water partition coefficient (Wildman–Crippen LogP) is 0.988. The summed E-state index contributed by atoms with van der Waals surface area (Å²) in [7, 11) is 0. The number of amides is 2. The third kappa shape index (κ3) is 2.86. The number of nitrogens with one attached hydrogen (secondary N) is 1. The van der Waals surface area contributed by atoms with Gasteiger partial charge in [0, 0.05) is 38.9 Å². The monoisotopic (exact) mass is 355 g/mol. The number of aromatic nitrogens is 2. The summed E-state index contributed by atoms with van der Waals surface area (Å²) < 4.78 is 1.84.